The van der Waals surface area contributed by atoms with Gasteiger partial charge in [0, 0.05) is 18.2 Å². The minimum absolute atomic E-state index is 0.241. The molecule has 17 heavy (non-hydrogen) atoms. The highest BCUT2D eigenvalue weighted by molar-refractivity contribution is 7.99. The molecule has 90 valence electrons. The van der Waals surface area contributed by atoms with Crippen LogP contribution in [0, 0.1) is 11.2 Å². The molecule has 3 rings (SSSR count). The Kier molecular flexibility index (Phi) is 2.82. The summed E-state index contributed by atoms with van der Waals surface area (Å²) >= 11 is 1.99. The van der Waals surface area contributed by atoms with Crippen molar-refractivity contribution in [3.05, 3.63) is 35.1 Å². The molecule has 2 aliphatic heterocycles. The van der Waals surface area contributed by atoms with Crippen LogP contribution in [0.5, 0.6) is 0 Å². The van der Waals surface area contributed by atoms with Gasteiger partial charge in [0.1, 0.15) is 11.7 Å². The standard InChI is InChI=1S/C13H15FN2S/c14-10-2-1-9-8-16(13(15)12(9)7-10)11-3-5-17-6-4-11/h1-2,7,11,15H,3-6,8H2. The predicted octanol–water partition coefficient (Wildman–Crippen LogP) is 2.86. The molecule has 1 saturated heterocycles. The lowest BCUT2D eigenvalue weighted by molar-refractivity contribution is 0.296. The summed E-state index contributed by atoms with van der Waals surface area (Å²) < 4.78 is 13.2. The van der Waals surface area contributed by atoms with Gasteiger partial charge in [-0.3, -0.25) is 5.41 Å². The molecule has 0 bridgehead atoms. The Balaban J connectivity index is 1.85. The fourth-order valence-corrected chi connectivity index (χ4v) is 3.71. The highest BCUT2D eigenvalue weighted by atomic mass is 32.2. The normalized spacial score (nSPS) is 20.8. The Hall–Kier alpha value is -1.03. The summed E-state index contributed by atoms with van der Waals surface area (Å²) in [4.78, 5) is 2.14. The average molecular weight is 250 g/mol. The van der Waals surface area contributed by atoms with Crippen molar-refractivity contribution < 1.29 is 4.39 Å². The van der Waals surface area contributed by atoms with E-state index >= 15 is 0 Å². The molecule has 1 N–H and O–H groups in total. The summed E-state index contributed by atoms with van der Waals surface area (Å²) in [7, 11) is 0. The van der Waals surface area contributed by atoms with E-state index in [1.54, 1.807) is 0 Å². The molecule has 2 aliphatic rings. The molecule has 4 heteroatoms. The number of hydrogen-bond donors (Lipinski definition) is 1. The van der Waals surface area contributed by atoms with Gasteiger partial charge in [-0.2, -0.15) is 11.8 Å². The van der Waals surface area contributed by atoms with Crippen molar-refractivity contribution in [1.29, 1.82) is 5.41 Å². The van der Waals surface area contributed by atoms with E-state index in [4.69, 9.17) is 5.41 Å². The first-order chi connectivity index (χ1) is 8.25. The number of hydrogen-bond acceptors (Lipinski definition) is 2. The van der Waals surface area contributed by atoms with Gasteiger partial charge in [-0.05, 0) is 42.0 Å². The maximum Gasteiger partial charge on any atom is 0.129 e. The van der Waals surface area contributed by atoms with Crippen molar-refractivity contribution in [2.24, 2.45) is 0 Å². The molecule has 2 nitrogen and oxygen atoms in total. The first-order valence-corrected chi connectivity index (χ1v) is 7.13. The minimum atomic E-state index is -0.241. The van der Waals surface area contributed by atoms with E-state index in [1.807, 2.05) is 17.8 Å². The fraction of sp³-hybridized carbons (Fsp3) is 0.462. The predicted molar refractivity (Wildman–Crippen MR) is 69.1 cm³/mol. The molecule has 0 unspecified atom stereocenters. The molecule has 0 aromatic heterocycles. The average Bonchev–Trinajstić information content (AvgIpc) is 2.68. The number of nitrogens with zero attached hydrogens (tertiary/aromatic N) is 1. The van der Waals surface area contributed by atoms with Gasteiger partial charge in [0.15, 0.2) is 0 Å². The molecule has 0 aliphatic carbocycles. The van der Waals surface area contributed by atoms with Crippen LogP contribution in [0.25, 0.3) is 0 Å². The van der Waals surface area contributed by atoms with Crippen molar-refractivity contribution >= 4 is 17.6 Å². The zero-order valence-corrected chi connectivity index (χ0v) is 10.4. The number of amidine groups is 1. The molecule has 1 aromatic rings. The van der Waals surface area contributed by atoms with Gasteiger partial charge >= 0.3 is 0 Å². The molecular weight excluding hydrogens is 235 g/mol. The minimum Gasteiger partial charge on any atom is -0.349 e. The maximum absolute atomic E-state index is 13.2. The van der Waals surface area contributed by atoms with E-state index in [-0.39, 0.29) is 5.82 Å². The lowest BCUT2D eigenvalue weighted by Gasteiger charge is -2.32. The highest BCUT2D eigenvalue weighted by Gasteiger charge is 2.30. The van der Waals surface area contributed by atoms with Crippen molar-refractivity contribution in [2.75, 3.05) is 11.5 Å². The number of nitrogens with one attached hydrogen (secondary N) is 1. The van der Waals surface area contributed by atoms with Gasteiger partial charge in [0.05, 0.1) is 0 Å². The lowest BCUT2D eigenvalue weighted by Crippen LogP contribution is -2.38. The summed E-state index contributed by atoms with van der Waals surface area (Å²) in [5.41, 5.74) is 1.87. The van der Waals surface area contributed by atoms with Gasteiger partial charge in [-0.25, -0.2) is 4.39 Å². The molecule has 0 amide bonds. The zero-order chi connectivity index (χ0) is 11.8. The second kappa shape index (κ2) is 4.33. The fourth-order valence-electron chi connectivity index (χ4n) is 2.63. The largest absolute Gasteiger partial charge is 0.349 e. The number of thioether (sulfide) groups is 1. The summed E-state index contributed by atoms with van der Waals surface area (Å²) in [6, 6.07) is 5.28. The SMILES string of the molecule is N=C1c2cc(F)ccc2CN1C1CCSCC1. The van der Waals surface area contributed by atoms with Gasteiger partial charge in [0.2, 0.25) is 0 Å². The van der Waals surface area contributed by atoms with Gasteiger partial charge in [0.25, 0.3) is 0 Å². The van der Waals surface area contributed by atoms with Crippen LogP contribution in [0.15, 0.2) is 18.2 Å². The molecular formula is C13H15FN2S. The van der Waals surface area contributed by atoms with Crippen LogP contribution in [0.4, 0.5) is 4.39 Å². The van der Waals surface area contributed by atoms with Crippen LogP contribution >= 0.6 is 11.8 Å². The van der Waals surface area contributed by atoms with E-state index in [1.165, 1.54) is 23.6 Å². The molecule has 0 atom stereocenters. The first-order valence-electron chi connectivity index (χ1n) is 5.97. The summed E-state index contributed by atoms with van der Waals surface area (Å²) in [6.45, 7) is 0.782. The lowest BCUT2D eigenvalue weighted by atomic mass is 10.1. The highest BCUT2D eigenvalue weighted by Crippen LogP contribution is 2.30. The van der Waals surface area contributed by atoms with Crippen molar-refractivity contribution in [1.82, 2.24) is 4.90 Å². The number of fused-ring (bicyclic) bond motifs is 1. The third kappa shape index (κ3) is 1.95. The summed E-state index contributed by atoms with van der Waals surface area (Å²) in [6.07, 6.45) is 2.28. The van der Waals surface area contributed by atoms with Crippen molar-refractivity contribution in [3.63, 3.8) is 0 Å². The van der Waals surface area contributed by atoms with Crippen LogP contribution in [-0.2, 0) is 6.54 Å². The Morgan fingerprint density at radius 3 is 2.82 bits per heavy atom. The van der Waals surface area contributed by atoms with Crippen molar-refractivity contribution in [3.8, 4) is 0 Å². The van der Waals surface area contributed by atoms with E-state index in [2.05, 4.69) is 4.90 Å². The van der Waals surface area contributed by atoms with E-state index in [9.17, 15) is 4.39 Å². The smallest absolute Gasteiger partial charge is 0.129 e. The van der Waals surface area contributed by atoms with E-state index in [0.717, 1.165) is 30.5 Å². The quantitative estimate of drug-likeness (QED) is 0.829. The van der Waals surface area contributed by atoms with Crippen LogP contribution in [0.2, 0.25) is 0 Å². The van der Waals surface area contributed by atoms with Gasteiger partial charge in [-0.1, -0.05) is 6.07 Å². The summed E-state index contributed by atoms with van der Waals surface area (Å²) in [5.74, 6) is 2.63. The number of rotatable bonds is 1. The zero-order valence-electron chi connectivity index (χ0n) is 9.58. The first kappa shape index (κ1) is 11.1. The molecule has 0 spiro atoms. The molecule has 1 fully saturated rings. The Bertz CT molecular complexity index is 455. The molecule has 0 saturated carbocycles. The topological polar surface area (TPSA) is 27.1 Å². The molecule has 0 radical (unpaired) electrons. The second-order valence-electron chi connectivity index (χ2n) is 4.62. The van der Waals surface area contributed by atoms with Gasteiger partial charge < -0.3 is 4.90 Å². The van der Waals surface area contributed by atoms with Crippen molar-refractivity contribution in [2.45, 2.75) is 25.4 Å². The third-order valence-electron chi connectivity index (χ3n) is 3.59. The summed E-state index contributed by atoms with van der Waals surface area (Å²) in [5, 5.41) is 8.17. The Labute approximate surface area is 105 Å². The monoisotopic (exact) mass is 250 g/mol. The third-order valence-corrected chi connectivity index (χ3v) is 4.64. The van der Waals surface area contributed by atoms with Crippen LogP contribution < -0.4 is 0 Å². The molecule has 2 heterocycles. The van der Waals surface area contributed by atoms with E-state index in [0.29, 0.717) is 11.9 Å². The molecule has 1 aromatic carbocycles. The van der Waals surface area contributed by atoms with Gasteiger partial charge in [-0.15, -0.1) is 0 Å². The van der Waals surface area contributed by atoms with Crippen LogP contribution in [-0.4, -0.2) is 28.3 Å². The second-order valence-corrected chi connectivity index (χ2v) is 5.85. The van der Waals surface area contributed by atoms with Crippen LogP contribution in [0.3, 0.4) is 0 Å². The number of benzene rings is 1. The van der Waals surface area contributed by atoms with Crippen LogP contribution in [0.1, 0.15) is 24.0 Å². The Morgan fingerprint density at radius 2 is 2.06 bits per heavy atom. The Morgan fingerprint density at radius 1 is 1.29 bits per heavy atom. The number of halogens is 1. The van der Waals surface area contributed by atoms with E-state index < -0.39 is 0 Å². The maximum atomic E-state index is 13.2.